The first-order chi connectivity index (χ1) is 13.6. The van der Waals surface area contributed by atoms with E-state index in [1.807, 2.05) is 22.4 Å². The number of thiazole rings is 1. The van der Waals surface area contributed by atoms with Crippen LogP contribution in [0.3, 0.4) is 0 Å². The summed E-state index contributed by atoms with van der Waals surface area (Å²) in [5.41, 5.74) is 3.39. The predicted molar refractivity (Wildman–Crippen MR) is 116 cm³/mol. The molecule has 7 heteroatoms. The Hall–Kier alpha value is -1.80. The van der Waals surface area contributed by atoms with Gasteiger partial charge in [0.05, 0.1) is 34.9 Å². The van der Waals surface area contributed by atoms with E-state index in [1.54, 1.807) is 16.2 Å². The van der Waals surface area contributed by atoms with Gasteiger partial charge in [0.15, 0.2) is 5.13 Å². The van der Waals surface area contributed by atoms with Gasteiger partial charge in [-0.05, 0) is 36.4 Å². The molecule has 0 spiro atoms. The van der Waals surface area contributed by atoms with Crippen LogP contribution in [0.2, 0.25) is 0 Å². The number of anilines is 1. The SMILES string of the molecule is Cc1ccc(C)c2sc(N(CCC[NH+]3CCOCC3)C(=O)c3cccs3)nc12. The summed E-state index contributed by atoms with van der Waals surface area (Å²) in [6.07, 6.45) is 0.959. The topological polar surface area (TPSA) is 46.9 Å². The Morgan fingerprint density at radius 3 is 2.71 bits per heavy atom. The average Bonchev–Trinajstić information content (AvgIpc) is 3.39. The molecule has 0 radical (unpaired) electrons. The van der Waals surface area contributed by atoms with E-state index < -0.39 is 0 Å². The number of amides is 1. The number of carbonyl (C=O) groups is 1. The minimum atomic E-state index is 0.0568. The molecular weight excluding hydrogens is 390 g/mol. The van der Waals surface area contributed by atoms with E-state index in [-0.39, 0.29) is 5.91 Å². The number of rotatable bonds is 6. The maximum absolute atomic E-state index is 13.2. The van der Waals surface area contributed by atoms with E-state index >= 15 is 0 Å². The summed E-state index contributed by atoms with van der Waals surface area (Å²) in [4.78, 5) is 22.3. The molecule has 1 aromatic carbocycles. The zero-order valence-corrected chi connectivity index (χ0v) is 18.0. The van der Waals surface area contributed by atoms with E-state index in [4.69, 9.17) is 9.72 Å². The second-order valence-corrected chi connectivity index (χ2v) is 9.20. The minimum Gasteiger partial charge on any atom is -0.370 e. The molecular formula is C21H26N3O2S2+. The van der Waals surface area contributed by atoms with Crippen LogP contribution < -0.4 is 9.80 Å². The lowest BCUT2D eigenvalue weighted by Gasteiger charge is -2.25. The third-order valence-corrected chi connectivity index (χ3v) is 7.32. The molecule has 1 aliphatic heterocycles. The summed E-state index contributed by atoms with van der Waals surface area (Å²) in [5.74, 6) is 0.0568. The van der Waals surface area contributed by atoms with Gasteiger partial charge < -0.3 is 9.64 Å². The number of aromatic nitrogens is 1. The van der Waals surface area contributed by atoms with Crippen molar-refractivity contribution in [1.29, 1.82) is 0 Å². The second-order valence-electron chi connectivity index (χ2n) is 7.27. The molecule has 5 nitrogen and oxygen atoms in total. The van der Waals surface area contributed by atoms with E-state index in [2.05, 4.69) is 26.0 Å². The highest BCUT2D eigenvalue weighted by Gasteiger charge is 2.23. The van der Waals surface area contributed by atoms with Crippen LogP contribution in [-0.4, -0.2) is 50.3 Å². The summed E-state index contributed by atoms with van der Waals surface area (Å²) < 4.78 is 6.63. The number of benzene rings is 1. The van der Waals surface area contributed by atoms with Crippen LogP contribution in [0, 0.1) is 13.8 Å². The molecule has 4 rings (SSSR count). The van der Waals surface area contributed by atoms with Crippen LogP contribution in [0.1, 0.15) is 27.2 Å². The first-order valence-electron chi connectivity index (χ1n) is 9.77. The van der Waals surface area contributed by atoms with Crippen LogP contribution in [0.4, 0.5) is 5.13 Å². The average molecular weight is 417 g/mol. The lowest BCUT2D eigenvalue weighted by Crippen LogP contribution is -3.14. The van der Waals surface area contributed by atoms with Crippen molar-refractivity contribution in [3.05, 3.63) is 45.6 Å². The number of hydrogen-bond acceptors (Lipinski definition) is 5. The Morgan fingerprint density at radius 1 is 1.21 bits per heavy atom. The molecule has 1 fully saturated rings. The number of ether oxygens (including phenoxy) is 1. The van der Waals surface area contributed by atoms with Crippen molar-refractivity contribution in [3.63, 3.8) is 0 Å². The third kappa shape index (κ3) is 4.12. The number of carbonyl (C=O) groups excluding carboxylic acids is 1. The molecule has 1 aliphatic rings. The molecule has 148 valence electrons. The van der Waals surface area contributed by atoms with E-state index in [1.165, 1.54) is 21.6 Å². The Balaban J connectivity index is 1.58. The Bertz CT molecular complexity index is 907. The number of morpholine rings is 1. The molecule has 0 saturated carbocycles. The lowest BCUT2D eigenvalue weighted by atomic mass is 10.1. The zero-order valence-electron chi connectivity index (χ0n) is 16.4. The van der Waals surface area contributed by atoms with Gasteiger partial charge in [0.1, 0.15) is 13.1 Å². The molecule has 3 heterocycles. The standard InChI is InChI=1S/C21H25N3O2S2/c1-15-6-7-16(2)19-18(15)22-21(28-19)24(20(25)17-5-3-14-27-17)9-4-8-23-10-12-26-13-11-23/h3,5-7,14H,4,8-13H2,1-2H3/p+1. The molecule has 0 aliphatic carbocycles. The normalized spacial score (nSPS) is 15.2. The number of quaternary nitrogens is 1. The molecule has 1 N–H and O–H groups in total. The van der Waals surface area contributed by atoms with E-state index in [0.717, 1.165) is 60.4 Å². The smallest absolute Gasteiger partial charge is 0.270 e. The molecule has 3 aromatic rings. The van der Waals surface area contributed by atoms with Crippen molar-refractivity contribution in [2.24, 2.45) is 0 Å². The molecule has 1 saturated heterocycles. The summed E-state index contributed by atoms with van der Waals surface area (Å²) in [7, 11) is 0. The van der Waals surface area contributed by atoms with Crippen LogP contribution in [0.25, 0.3) is 10.2 Å². The fourth-order valence-corrected chi connectivity index (χ4v) is 5.39. The zero-order chi connectivity index (χ0) is 19.5. The largest absolute Gasteiger partial charge is 0.370 e. The maximum Gasteiger partial charge on any atom is 0.270 e. The molecule has 0 atom stereocenters. The van der Waals surface area contributed by atoms with Gasteiger partial charge in [-0.2, -0.15) is 0 Å². The highest BCUT2D eigenvalue weighted by Crippen LogP contribution is 2.34. The lowest BCUT2D eigenvalue weighted by molar-refractivity contribution is -0.908. The fraction of sp³-hybridized carbons (Fsp3) is 0.429. The Kier molecular flexibility index (Phi) is 6.06. The van der Waals surface area contributed by atoms with E-state index in [9.17, 15) is 4.79 Å². The van der Waals surface area contributed by atoms with Gasteiger partial charge in [0.25, 0.3) is 5.91 Å². The number of aryl methyl sites for hydroxylation is 2. The Morgan fingerprint density at radius 2 is 2.00 bits per heavy atom. The van der Waals surface area contributed by atoms with Crippen molar-refractivity contribution in [3.8, 4) is 0 Å². The highest BCUT2D eigenvalue weighted by atomic mass is 32.1. The highest BCUT2D eigenvalue weighted by molar-refractivity contribution is 7.22. The van der Waals surface area contributed by atoms with Crippen molar-refractivity contribution >= 4 is 43.9 Å². The van der Waals surface area contributed by atoms with Crippen LogP contribution in [0.5, 0.6) is 0 Å². The van der Waals surface area contributed by atoms with Crippen molar-refractivity contribution in [2.45, 2.75) is 20.3 Å². The van der Waals surface area contributed by atoms with Gasteiger partial charge in [0.2, 0.25) is 0 Å². The van der Waals surface area contributed by atoms with Crippen LogP contribution in [-0.2, 0) is 4.74 Å². The molecule has 1 amide bonds. The van der Waals surface area contributed by atoms with Gasteiger partial charge in [-0.3, -0.25) is 9.69 Å². The van der Waals surface area contributed by atoms with Crippen LogP contribution in [0.15, 0.2) is 29.6 Å². The van der Waals surface area contributed by atoms with Gasteiger partial charge in [-0.25, -0.2) is 4.98 Å². The molecule has 0 unspecified atom stereocenters. The summed E-state index contributed by atoms with van der Waals surface area (Å²) >= 11 is 3.12. The van der Waals surface area contributed by atoms with Gasteiger partial charge in [0, 0.05) is 13.0 Å². The van der Waals surface area contributed by atoms with Crippen molar-refractivity contribution < 1.29 is 14.4 Å². The summed E-state index contributed by atoms with van der Waals surface area (Å²) in [6, 6.07) is 8.07. The number of thiophene rings is 1. The van der Waals surface area contributed by atoms with Crippen molar-refractivity contribution in [1.82, 2.24) is 4.98 Å². The molecule has 0 bridgehead atoms. The summed E-state index contributed by atoms with van der Waals surface area (Å²) in [6.45, 7) is 9.72. The monoisotopic (exact) mass is 416 g/mol. The maximum atomic E-state index is 13.2. The second kappa shape index (κ2) is 8.69. The fourth-order valence-electron chi connectivity index (χ4n) is 3.58. The third-order valence-electron chi connectivity index (χ3n) is 5.25. The number of fused-ring (bicyclic) bond motifs is 1. The van der Waals surface area contributed by atoms with Gasteiger partial charge in [-0.15, -0.1) is 11.3 Å². The first kappa shape index (κ1) is 19.5. The number of nitrogens with one attached hydrogen (secondary N) is 1. The number of nitrogens with zero attached hydrogens (tertiary/aromatic N) is 2. The van der Waals surface area contributed by atoms with Crippen molar-refractivity contribution in [2.75, 3.05) is 44.3 Å². The quantitative estimate of drug-likeness (QED) is 0.672. The molecule has 28 heavy (non-hydrogen) atoms. The molecule has 2 aromatic heterocycles. The van der Waals surface area contributed by atoms with E-state index in [0.29, 0.717) is 6.54 Å². The Labute approximate surface area is 173 Å². The minimum absolute atomic E-state index is 0.0568. The van der Waals surface area contributed by atoms with Crippen LogP contribution >= 0.6 is 22.7 Å². The predicted octanol–water partition coefficient (Wildman–Crippen LogP) is 2.93. The van der Waals surface area contributed by atoms with Gasteiger partial charge >= 0.3 is 0 Å². The first-order valence-corrected chi connectivity index (χ1v) is 11.5. The van der Waals surface area contributed by atoms with Gasteiger partial charge in [-0.1, -0.05) is 29.5 Å². The number of hydrogen-bond donors (Lipinski definition) is 1. The summed E-state index contributed by atoms with van der Waals surface area (Å²) in [5, 5.41) is 2.76.